The van der Waals surface area contributed by atoms with Gasteiger partial charge in [0.05, 0.1) is 6.42 Å². The van der Waals surface area contributed by atoms with Crippen molar-refractivity contribution in [2.75, 3.05) is 52.9 Å². The van der Waals surface area contributed by atoms with E-state index in [2.05, 4.69) is 26.7 Å². The van der Waals surface area contributed by atoms with Crippen LogP contribution in [0.15, 0.2) is 24.5 Å². The molecule has 2 fully saturated rings. The first-order valence-corrected chi connectivity index (χ1v) is 8.78. The molecule has 1 aromatic heterocycles. The average molecular weight is 316 g/mol. The average Bonchev–Trinajstić information content (AvgIpc) is 2.58. The lowest BCUT2D eigenvalue weighted by molar-refractivity contribution is -0.132. The number of amides is 1. The smallest absolute Gasteiger partial charge is 0.227 e. The van der Waals surface area contributed by atoms with Crippen molar-refractivity contribution in [3.8, 4) is 0 Å². The molecule has 2 aliphatic heterocycles. The van der Waals surface area contributed by atoms with Gasteiger partial charge in [0.1, 0.15) is 0 Å². The fourth-order valence-electron chi connectivity index (χ4n) is 3.62. The van der Waals surface area contributed by atoms with E-state index in [4.69, 9.17) is 0 Å². The Labute approximate surface area is 139 Å². The molecular weight excluding hydrogens is 288 g/mol. The van der Waals surface area contributed by atoms with Gasteiger partial charge in [-0.2, -0.15) is 0 Å². The van der Waals surface area contributed by atoms with Gasteiger partial charge in [0.2, 0.25) is 5.91 Å². The lowest BCUT2D eigenvalue weighted by atomic mass is 9.96. The van der Waals surface area contributed by atoms with E-state index in [-0.39, 0.29) is 5.91 Å². The van der Waals surface area contributed by atoms with Crippen LogP contribution < -0.4 is 0 Å². The quantitative estimate of drug-likeness (QED) is 0.834. The van der Waals surface area contributed by atoms with Crippen molar-refractivity contribution in [1.29, 1.82) is 0 Å². The Kier molecular flexibility index (Phi) is 5.62. The van der Waals surface area contributed by atoms with E-state index < -0.39 is 0 Å². The lowest BCUT2D eigenvalue weighted by Crippen LogP contribution is -2.49. The maximum Gasteiger partial charge on any atom is 0.227 e. The number of rotatable bonds is 4. The summed E-state index contributed by atoms with van der Waals surface area (Å²) in [5.41, 5.74) is 1.06. The van der Waals surface area contributed by atoms with Crippen molar-refractivity contribution in [1.82, 2.24) is 19.7 Å². The number of carbonyl (C=O) groups is 1. The van der Waals surface area contributed by atoms with Crippen LogP contribution in [0.1, 0.15) is 18.4 Å². The van der Waals surface area contributed by atoms with E-state index in [0.717, 1.165) is 57.8 Å². The predicted octanol–water partition coefficient (Wildman–Crippen LogP) is 1.11. The summed E-state index contributed by atoms with van der Waals surface area (Å²) in [6.07, 6.45) is 6.42. The first kappa shape index (κ1) is 16.4. The van der Waals surface area contributed by atoms with Gasteiger partial charge in [0.25, 0.3) is 0 Å². The summed E-state index contributed by atoms with van der Waals surface area (Å²) in [6, 6.07) is 3.87. The number of piperidine rings is 1. The van der Waals surface area contributed by atoms with Crippen molar-refractivity contribution in [3.05, 3.63) is 30.1 Å². The van der Waals surface area contributed by atoms with Gasteiger partial charge < -0.3 is 14.7 Å². The minimum Gasteiger partial charge on any atom is -0.342 e. The number of pyridine rings is 1. The number of likely N-dealkylation sites (N-methyl/N-ethyl adjacent to an activating group) is 1. The van der Waals surface area contributed by atoms with Crippen LogP contribution in [0, 0.1) is 5.92 Å². The molecule has 5 nitrogen and oxygen atoms in total. The van der Waals surface area contributed by atoms with Gasteiger partial charge in [-0.25, -0.2) is 0 Å². The van der Waals surface area contributed by atoms with E-state index in [1.807, 2.05) is 12.1 Å². The third-order valence-electron chi connectivity index (χ3n) is 5.09. The number of hydrogen-bond acceptors (Lipinski definition) is 4. The lowest BCUT2D eigenvalue weighted by Gasteiger charge is -2.38. The highest BCUT2D eigenvalue weighted by Gasteiger charge is 2.26. The van der Waals surface area contributed by atoms with Crippen molar-refractivity contribution < 1.29 is 4.79 Å². The molecular formula is C18H28N4O. The summed E-state index contributed by atoms with van der Waals surface area (Å²) in [4.78, 5) is 23.6. The van der Waals surface area contributed by atoms with Crippen LogP contribution in [0.2, 0.25) is 0 Å². The zero-order valence-electron chi connectivity index (χ0n) is 14.2. The SMILES string of the molecule is CN1CCN(C[C@H]2CCCN(C(=O)Cc3ccncc3)C2)CC1. The van der Waals surface area contributed by atoms with E-state index >= 15 is 0 Å². The zero-order valence-corrected chi connectivity index (χ0v) is 14.2. The predicted molar refractivity (Wildman–Crippen MR) is 91.2 cm³/mol. The summed E-state index contributed by atoms with van der Waals surface area (Å²) >= 11 is 0. The second-order valence-corrected chi connectivity index (χ2v) is 6.98. The number of nitrogens with zero attached hydrogens (tertiary/aromatic N) is 4. The fraction of sp³-hybridized carbons (Fsp3) is 0.667. The van der Waals surface area contributed by atoms with Gasteiger partial charge in [-0.05, 0) is 43.5 Å². The molecule has 3 rings (SSSR count). The number of piperazine rings is 1. The molecule has 0 N–H and O–H groups in total. The summed E-state index contributed by atoms with van der Waals surface area (Å²) in [5, 5.41) is 0. The van der Waals surface area contributed by atoms with Crippen LogP contribution in [0.5, 0.6) is 0 Å². The first-order valence-electron chi connectivity index (χ1n) is 8.78. The van der Waals surface area contributed by atoms with E-state index in [1.165, 1.54) is 6.42 Å². The Bertz CT molecular complexity index is 499. The van der Waals surface area contributed by atoms with Gasteiger partial charge >= 0.3 is 0 Å². The molecule has 1 aromatic rings. The van der Waals surface area contributed by atoms with Gasteiger partial charge in [-0.15, -0.1) is 0 Å². The third kappa shape index (κ3) is 4.75. The normalized spacial score (nSPS) is 23.9. The molecule has 2 aliphatic rings. The molecule has 126 valence electrons. The number of aromatic nitrogens is 1. The molecule has 0 saturated carbocycles. The molecule has 2 saturated heterocycles. The highest BCUT2D eigenvalue weighted by Crippen LogP contribution is 2.19. The minimum absolute atomic E-state index is 0.263. The molecule has 3 heterocycles. The van der Waals surface area contributed by atoms with Crippen LogP contribution in [0.3, 0.4) is 0 Å². The topological polar surface area (TPSA) is 39.7 Å². The largest absolute Gasteiger partial charge is 0.342 e. The maximum absolute atomic E-state index is 12.5. The van der Waals surface area contributed by atoms with Crippen molar-refractivity contribution in [2.24, 2.45) is 5.92 Å². The van der Waals surface area contributed by atoms with Gasteiger partial charge in [0.15, 0.2) is 0 Å². The Hall–Kier alpha value is -1.46. The maximum atomic E-state index is 12.5. The third-order valence-corrected chi connectivity index (χ3v) is 5.09. The van der Waals surface area contributed by atoms with Crippen LogP contribution in [-0.2, 0) is 11.2 Å². The molecule has 0 aliphatic carbocycles. The second-order valence-electron chi connectivity index (χ2n) is 6.98. The Balaban J connectivity index is 1.48. The minimum atomic E-state index is 0.263. The molecule has 0 radical (unpaired) electrons. The second kappa shape index (κ2) is 7.88. The monoisotopic (exact) mass is 316 g/mol. The van der Waals surface area contributed by atoms with E-state index in [1.54, 1.807) is 12.4 Å². The number of likely N-dealkylation sites (tertiary alicyclic amines) is 1. The molecule has 1 atom stereocenters. The van der Waals surface area contributed by atoms with Gasteiger partial charge in [-0.3, -0.25) is 9.78 Å². The zero-order chi connectivity index (χ0) is 16.1. The standard InChI is InChI=1S/C18H28N4O/c1-20-9-11-21(12-10-20)14-17-3-2-8-22(15-17)18(23)13-16-4-6-19-7-5-16/h4-7,17H,2-3,8-15H2,1H3/t17-/m1/s1. The van der Waals surface area contributed by atoms with E-state index in [0.29, 0.717) is 12.3 Å². The summed E-state index contributed by atoms with van der Waals surface area (Å²) < 4.78 is 0. The molecule has 23 heavy (non-hydrogen) atoms. The van der Waals surface area contributed by atoms with Crippen molar-refractivity contribution in [2.45, 2.75) is 19.3 Å². The molecule has 0 aromatic carbocycles. The summed E-state index contributed by atoms with van der Waals surface area (Å²) in [6.45, 7) is 7.65. The number of hydrogen-bond donors (Lipinski definition) is 0. The van der Waals surface area contributed by atoms with Crippen LogP contribution in [0.4, 0.5) is 0 Å². The highest BCUT2D eigenvalue weighted by molar-refractivity contribution is 5.78. The van der Waals surface area contributed by atoms with Crippen LogP contribution >= 0.6 is 0 Å². The van der Waals surface area contributed by atoms with E-state index in [9.17, 15) is 4.79 Å². The molecule has 0 bridgehead atoms. The Morgan fingerprint density at radius 2 is 1.91 bits per heavy atom. The molecule has 0 unspecified atom stereocenters. The molecule has 5 heteroatoms. The highest BCUT2D eigenvalue weighted by atomic mass is 16.2. The van der Waals surface area contributed by atoms with Crippen LogP contribution in [0.25, 0.3) is 0 Å². The summed E-state index contributed by atoms with van der Waals surface area (Å²) in [7, 11) is 2.19. The molecule has 1 amide bonds. The Morgan fingerprint density at radius 3 is 2.65 bits per heavy atom. The Morgan fingerprint density at radius 1 is 1.17 bits per heavy atom. The van der Waals surface area contributed by atoms with Crippen LogP contribution in [-0.4, -0.2) is 78.5 Å². The van der Waals surface area contributed by atoms with Gasteiger partial charge in [-0.1, -0.05) is 0 Å². The molecule has 0 spiro atoms. The van der Waals surface area contributed by atoms with Crippen molar-refractivity contribution >= 4 is 5.91 Å². The van der Waals surface area contributed by atoms with Crippen molar-refractivity contribution in [3.63, 3.8) is 0 Å². The summed E-state index contributed by atoms with van der Waals surface area (Å²) in [5.74, 6) is 0.896. The first-order chi connectivity index (χ1) is 11.2. The number of carbonyl (C=O) groups excluding carboxylic acids is 1. The fourth-order valence-corrected chi connectivity index (χ4v) is 3.62. The van der Waals surface area contributed by atoms with Gasteiger partial charge in [0, 0.05) is 58.2 Å².